The lowest BCUT2D eigenvalue weighted by Crippen LogP contribution is -2.25. The second kappa shape index (κ2) is 4.92. The molecule has 0 bridgehead atoms. The summed E-state index contributed by atoms with van der Waals surface area (Å²) in [6.45, 7) is 2.56. The zero-order valence-corrected chi connectivity index (χ0v) is 11.7. The minimum Gasteiger partial charge on any atom is -0.338 e. The Morgan fingerprint density at radius 2 is 2.21 bits per heavy atom. The third kappa shape index (κ3) is 3.31. The van der Waals surface area contributed by atoms with Crippen LogP contribution in [0, 0.1) is 12.8 Å². The van der Waals surface area contributed by atoms with E-state index in [1.54, 1.807) is 15.8 Å². The molecule has 1 amide bonds. The molecule has 0 N–H and O–H groups in total. The summed E-state index contributed by atoms with van der Waals surface area (Å²) in [6.07, 6.45) is 1.77. The second-order valence-corrected chi connectivity index (χ2v) is 6.34. The molecule has 6 nitrogen and oxygen atoms in total. The molecule has 1 aliphatic heterocycles. The van der Waals surface area contributed by atoms with Crippen molar-refractivity contribution in [3.63, 3.8) is 0 Å². The zero-order chi connectivity index (χ0) is 14.2. The number of nitrogens with zero attached hydrogens (tertiary/aromatic N) is 3. The quantitative estimate of drug-likeness (QED) is 0.751. The average molecular weight is 289 g/mol. The van der Waals surface area contributed by atoms with Gasteiger partial charge in [0.05, 0.1) is 11.9 Å². The van der Waals surface area contributed by atoms with Crippen molar-refractivity contribution in [1.82, 2.24) is 14.7 Å². The van der Waals surface area contributed by atoms with Crippen molar-refractivity contribution in [2.24, 2.45) is 13.0 Å². The van der Waals surface area contributed by atoms with E-state index in [9.17, 15) is 17.1 Å². The fourth-order valence-electron chi connectivity index (χ4n) is 2.30. The normalized spacial score (nSPS) is 20.3. The van der Waals surface area contributed by atoms with E-state index in [-0.39, 0.29) is 18.9 Å². The van der Waals surface area contributed by atoms with Gasteiger partial charge in [0.1, 0.15) is 0 Å². The van der Waals surface area contributed by atoms with Gasteiger partial charge in [0.15, 0.2) is 0 Å². The van der Waals surface area contributed by atoms with Gasteiger partial charge in [-0.15, -0.1) is 3.89 Å². The largest absolute Gasteiger partial charge is 0.338 e. The Bertz CT molecular complexity index is 596. The Labute approximate surface area is 111 Å². The first-order chi connectivity index (χ1) is 8.76. The fraction of sp³-hybridized carbons (Fsp3) is 0.636. The maximum absolute atomic E-state index is 12.6. The van der Waals surface area contributed by atoms with Gasteiger partial charge in [-0.25, -0.2) is 0 Å². The number of aromatic nitrogens is 2. The maximum atomic E-state index is 12.6. The van der Waals surface area contributed by atoms with Gasteiger partial charge in [0.2, 0.25) is 5.91 Å². The van der Waals surface area contributed by atoms with E-state index in [1.165, 1.54) is 0 Å². The number of carbonyl (C=O) groups is 1. The van der Waals surface area contributed by atoms with E-state index in [4.69, 9.17) is 0 Å². The maximum Gasteiger partial charge on any atom is 0.302 e. The highest BCUT2D eigenvalue weighted by Gasteiger charge is 2.33. The van der Waals surface area contributed by atoms with Crippen LogP contribution in [0.15, 0.2) is 6.20 Å². The van der Waals surface area contributed by atoms with E-state index in [0.29, 0.717) is 6.54 Å². The number of hydrogen-bond donors (Lipinski definition) is 0. The van der Waals surface area contributed by atoms with Gasteiger partial charge in [-0.05, 0) is 6.92 Å². The van der Waals surface area contributed by atoms with Crippen LogP contribution in [0.5, 0.6) is 0 Å². The number of likely N-dealkylation sites (tertiary alicyclic amines) is 1. The molecule has 1 atom stereocenters. The molecule has 1 unspecified atom stereocenters. The van der Waals surface area contributed by atoms with Crippen molar-refractivity contribution in [2.45, 2.75) is 19.9 Å². The summed E-state index contributed by atoms with van der Waals surface area (Å²) in [4.78, 5) is 13.3. The molecule has 19 heavy (non-hydrogen) atoms. The van der Waals surface area contributed by atoms with Gasteiger partial charge >= 0.3 is 10.2 Å². The van der Waals surface area contributed by atoms with Crippen LogP contribution in [0.1, 0.15) is 17.7 Å². The first-order valence-electron chi connectivity index (χ1n) is 5.94. The van der Waals surface area contributed by atoms with Crippen LogP contribution in [0.2, 0.25) is 0 Å². The highest BCUT2D eigenvalue weighted by atomic mass is 32.3. The molecule has 8 heteroatoms. The van der Waals surface area contributed by atoms with Crippen molar-refractivity contribution >= 4 is 16.1 Å². The minimum absolute atomic E-state index is 0.0858. The van der Waals surface area contributed by atoms with Gasteiger partial charge in [0, 0.05) is 43.7 Å². The molecule has 0 aromatic carbocycles. The lowest BCUT2D eigenvalue weighted by Gasteiger charge is -2.16. The van der Waals surface area contributed by atoms with Crippen LogP contribution >= 0.6 is 0 Å². The number of hydrogen-bond acceptors (Lipinski definition) is 4. The summed E-state index contributed by atoms with van der Waals surface area (Å²) >= 11 is 0. The van der Waals surface area contributed by atoms with E-state index < -0.39 is 21.9 Å². The Hall–Kier alpha value is -1.44. The van der Waals surface area contributed by atoms with Crippen molar-refractivity contribution in [3.8, 4) is 0 Å². The van der Waals surface area contributed by atoms with Crippen molar-refractivity contribution in [1.29, 1.82) is 0 Å². The first-order valence-corrected chi connectivity index (χ1v) is 7.49. The van der Waals surface area contributed by atoms with Gasteiger partial charge in [-0.3, -0.25) is 9.48 Å². The number of aryl methyl sites for hydroxylation is 1. The molecule has 1 aromatic rings. The molecule has 0 spiro atoms. The molecule has 1 aliphatic rings. The Morgan fingerprint density at radius 3 is 2.74 bits per heavy atom. The summed E-state index contributed by atoms with van der Waals surface area (Å²) in [5, 5.41) is 4.08. The zero-order valence-electron chi connectivity index (χ0n) is 10.8. The van der Waals surface area contributed by atoms with Crippen LogP contribution in [0.25, 0.3) is 0 Å². The van der Waals surface area contributed by atoms with Crippen LogP contribution in [0.4, 0.5) is 3.89 Å². The van der Waals surface area contributed by atoms with Gasteiger partial charge in [-0.1, -0.05) is 0 Å². The monoisotopic (exact) mass is 289 g/mol. The molecule has 106 valence electrons. The molecule has 0 saturated carbocycles. The van der Waals surface area contributed by atoms with E-state index in [0.717, 1.165) is 11.3 Å². The summed E-state index contributed by atoms with van der Waals surface area (Å²) in [5.41, 5.74) is 1.87. The SMILES string of the molecule is Cc1c(CN2CC(CS(=O)(=O)F)CC2=O)cnn1C. The molecule has 2 rings (SSSR count). The molecule has 1 saturated heterocycles. The summed E-state index contributed by atoms with van der Waals surface area (Å²) in [6, 6.07) is 0. The fourth-order valence-corrected chi connectivity index (χ4v) is 3.09. The van der Waals surface area contributed by atoms with Crippen LogP contribution in [-0.2, 0) is 28.6 Å². The summed E-state index contributed by atoms with van der Waals surface area (Å²) in [5.74, 6) is -1.18. The minimum atomic E-state index is -4.53. The number of carbonyl (C=O) groups excluding carboxylic acids is 1. The smallest absolute Gasteiger partial charge is 0.302 e. The summed E-state index contributed by atoms with van der Waals surface area (Å²) < 4.78 is 35.5. The lowest BCUT2D eigenvalue weighted by atomic mass is 10.1. The molecule has 2 heterocycles. The van der Waals surface area contributed by atoms with Crippen molar-refractivity contribution < 1.29 is 17.1 Å². The van der Waals surface area contributed by atoms with Crippen LogP contribution in [0.3, 0.4) is 0 Å². The van der Waals surface area contributed by atoms with Crippen molar-refractivity contribution in [3.05, 3.63) is 17.5 Å². The lowest BCUT2D eigenvalue weighted by molar-refractivity contribution is -0.128. The standard InChI is InChI=1S/C11H16FN3O3S/c1-8-10(4-13-14(8)2)6-15-5-9(3-11(15)16)7-19(12,17)18/h4,9H,3,5-7H2,1-2H3. The number of amides is 1. The molecule has 1 fully saturated rings. The number of rotatable bonds is 4. The third-order valence-electron chi connectivity index (χ3n) is 3.43. The molecular weight excluding hydrogens is 273 g/mol. The first kappa shape index (κ1) is 14.0. The van der Waals surface area contributed by atoms with Gasteiger partial charge in [0.25, 0.3) is 0 Å². The second-order valence-electron chi connectivity index (χ2n) is 4.93. The average Bonchev–Trinajstić information content (AvgIpc) is 2.74. The number of halogens is 1. The Morgan fingerprint density at radius 1 is 1.53 bits per heavy atom. The topological polar surface area (TPSA) is 72.3 Å². The predicted octanol–water partition coefficient (Wildman–Crippen LogP) is 0.376. The Kier molecular flexibility index (Phi) is 3.62. The van der Waals surface area contributed by atoms with Crippen molar-refractivity contribution in [2.75, 3.05) is 12.3 Å². The van der Waals surface area contributed by atoms with E-state index in [2.05, 4.69) is 5.10 Å². The molecular formula is C11H16FN3O3S. The predicted molar refractivity (Wildman–Crippen MR) is 66.4 cm³/mol. The highest BCUT2D eigenvalue weighted by molar-refractivity contribution is 7.86. The van der Waals surface area contributed by atoms with Gasteiger partial charge in [-0.2, -0.15) is 13.5 Å². The molecule has 0 radical (unpaired) electrons. The molecule has 0 aliphatic carbocycles. The van der Waals surface area contributed by atoms with E-state index >= 15 is 0 Å². The molecule has 1 aromatic heterocycles. The van der Waals surface area contributed by atoms with Gasteiger partial charge < -0.3 is 4.90 Å². The highest BCUT2D eigenvalue weighted by Crippen LogP contribution is 2.22. The van der Waals surface area contributed by atoms with Crippen LogP contribution < -0.4 is 0 Å². The summed E-state index contributed by atoms with van der Waals surface area (Å²) in [7, 11) is -2.72. The third-order valence-corrected chi connectivity index (χ3v) is 4.30. The Balaban J connectivity index is 2.03. The van der Waals surface area contributed by atoms with E-state index in [1.807, 2.05) is 14.0 Å². The van der Waals surface area contributed by atoms with Crippen LogP contribution in [-0.4, -0.2) is 41.3 Å².